The molecule has 0 unspecified atom stereocenters. The maximum atomic E-state index is 10.2. The number of carboxylic acid groups (broad SMARTS) is 1. The molecule has 0 saturated heterocycles. The van der Waals surface area contributed by atoms with Gasteiger partial charge in [-0.2, -0.15) is 0 Å². The van der Waals surface area contributed by atoms with Crippen molar-refractivity contribution in [3.63, 3.8) is 0 Å². The van der Waals surface area contributed by atoms with Gasteiger partial charge in [0.05, 0.1) is 0 Å². The average Bonchev–Trinajstić information content (AvgIpc) is 2.04. The first-order chi connectivity index (χ1) is 6.51. The van der Waals surface area contributed by atoms with Gasteiger partial charge >= 0.3 is 6.09 Å². The van der Waals surface area contributed by atoms with E-state index < -0.39 is 6.09 Å². The number of rotatable bonds is 2. The number of amidine groups is 1. The molecular weight excluding hydrogens is 202 g/mol. The summed E-state index contributed by atoms with van der Waals surface area (Å²) < 4.78 is 0. The summed E-state index contributed by atoms with van der Waals surface area (Å²) in [5.74, 6) is 0.716. The van der Waals surface area contributed by atoms with Crippen molar-refractivity contribution >= 4 is 29.3 Å². The summed E-state index contributed by atoms with van der Waals surface area (Å²) in [5, 5.41) is 10.4. The predicted octanol–water partition coefficient (Wildman–Crippen LogP) is 1.30. The summed E-state index contributed by atoms with van der Waals surface area (Å²) >= 11 is 4.72. The van der Waals surface area contributed by atoms with Crippen LogP contribution in [-0.4, -0.2) is 40.1 Å². The van der Waals surface area contributed by atoms with E-state index in [9.17, 15) is 4.79 Å². The van der Waals surface area contributed by atoms with E-state index >= 15 is 0 Å². The number of amides is 1. The van der Waals surface area contributed by atoms with Crippen molar-refractivity contribution in [1.29, 1.82) is 0 Å². The van der Waals surface area contributed by atoms with Crippen molar-refractivity contribution in [2.75, 3.05) is 13.1 Å². The highest BCUT2D eigenvalue weighted by molar-refractivity contribution is 7.80. The molecule has 1 amide bonds. The van der Waals surface area contributed by atoms with E-state index in [0.29, 0.717) is 5.84 Å². The molecule has 2 N–H and O–H groups in total. The van der Waals surface area contributed by atoms with Crippen molar-refractivity contribution in [3.8, 4) is 0 Å². The molecule has 14 heavy (non-hydrogen) atoms. The van der Waals surface area contributed by atoms with Crippen molar-refractivity contribution in [2.24, 2.45) is 4.99 Å². The highest BCUT2D eigenvalue weighted by atomic mass is 32.1. The van der Waals surface area contributed by atoms with E-state index in [1.54, 1.807) is 6.92 Å². The fraction of sp³-hybridized carbons (Fsp3) is 0.625. The van der Waals surface area contributed by atoms with E-state index in [-0.39, 0.29) is 5.11 Å². The Kier molecular flexibility index (Phi) is 5.78. The first-order valence-corrected chi connectivity index (χ1v) is 4.76. The third-order valence-electron chi connectivity index (χ3n) is 1.70. The SMILES string of the molecule is CCN(CC)/C(C)=N/C(=S)NC(=O)O. The number of aliphatic imine (C=N–C) groups is 1. The molecule has 0 aliphatic rings. The van der Waals surface area contributed by atoms with Gasteiger partial charge in [0.2, 0.25) is 5.11 Å². The Morgan fingerprint density at radius 1 is 1.50 bits per heavy atom. The summed E-state index contributed by atoms with van der Waals surface area (Å²) in [6.45, 7) is 7.43. The third-order valence-corrected chi connectivity index (χ3v) is 1.89. The fourth-order valence-corrected chi connectivity index (χ4v) is 1.24. The highest BCUT2D eigenvalue weighted by Gasteiger charge is 2.04. The summed E-state index contributed by atoms with van der Waals surface area (Å²) in [6, 6.07) is 0. The summed E-state index contributed by atoms with van der Waals surface area (Å²) in [7, 11) is 0. The van der Waals surface area contributed by atoms with Gasteiger partial charge in [0.25, 0.3) is 0 Å². The van der Waals surface area contributed by atoms with Gasteiger partial charge in [-0.05, 0) is 33.0 Å². The molecule has 0 aliphatic carbocycles. The van der Waals surface area contributed by atoms with E-state index in [1.807, 2.05) is 24.1 Å². The Morgan fingerprint density at radius 2 is 2.00 bits per heavy atom. The molecule has 0 rings (SSSR count). The average molecular weight is 217 g/mol. The predicted molar refractivity (Wildman–Crippen MR) is 59.8 cm³/mol. The van der Waals surface area contributed by atoms with Crippen LogP contribution in [0.4, 0.5) is 4.79 Å². The second-order valence-corrected chi connectivity index (χ2v) is 2.95. The van der Waals surface area contributed by atoms with Crippen molar-refractivity contribution in [3.05, 3.63) is 0 Å². The minimum absolute atomic E-state index is 0.0260. The lowest BCUT2D eigenvalue weighted by Gasteiger charge is -2.19. The van der Waals surface area contributed by atoms with Gasteiger partial charge in [-0.15, -0.1) is 0 Å². The smallest absolute Gasteiger partial charge is 0.410 e. The normalized spacial score (nSPS) is 10.9. The van der Waals surface area contributed by atoms with E-state index in [2.05, 4.69) is 4.99 Å². The van der Waals surface area contributed by atoms with Crippen molar-refractivity contribution < 1.29 is 9.90 Å². The van der Waals surface area contributed by atoms with Gasteiger partial charge in [0.1, 0.15) is 5.84 Å². The Bertz CT molecular complexity index is 249. The molecular formula is C8H15N3O2S. The van der Waals surface area contributed by atoms with Crippen LogP contribution >= 0.6 is 12.2 Å². The van der Waals surface area contributed by atoms with Gasteiger partial charge in [-0.25, -0.2) is 9.79 Å². The second-order valence-electron chi connectivity index (χ2n) is 2.57. The van der Waals surface area contributed by atoms with Crippen LogP contribution in [0.1, 0.15) is 20.8 Å². The van der Waals surface area contributed by atoms with Crippen LogP contribution in [0, 0.1) is 0 Å². The minimum Gasteiger partial charge on any atom is -0.465 e. The zero-order valence-electron chi connectivity index (χ0n) is 8.57. The number of hydrogen-bond donors (Lipinski definition) is 2. The largest absolute Gasteiger partial charge is 0.465 e. The van der Waals surface area contributed by atoms with Crippen molar-refractivity contribution in [1.82, 2.24) is 10.2 Å². The maximum Gasteiger partial charge on any atom is 0.410 e. The van der Waals surface area contributed by atoms with Crippen LogP contribution in [0.15, 0.2) is 4.99 Å². The van der Waals surface area contributed by atoms with Crippen molar-refractivity contribution in [2.45, 2.75) is 20.8 Å². The summed E-state index contributed by atoms with van der Waals surface area (Å²) in [6.07, 6.45) is -1.19. The monoisotopic (exact) mass is 217 g/mol. The molecule has 0 radical (unpaired) electrons. The molecule has 0 heterocycles. The number of nitrogens with zero attached hydrogens (tertiary/aromatic N) is 2. The van der Waals surface area contributed by atoms with E-state index in [1.165, 1.54) is 0 Å². The molecule has 0 bridgehead atoms. The molecule has 0 spiro atoms. The summed E-state index contributed by atoms with van der Waals surface area (Å²) in [4.78, 5) is 16.1. The molecule has 5 nitrogen and oxygen atoms in total. The van der Waals surface area contributed by atoms with Gasteiger partial charge in [0, 0.05) is 13.1 Å². The molecule has 0 aromatic carbocycles. The zero-order chi connectivity index (χ0) is 11.1. The topological polar surface area (TPSA) is 64.9 Å². The number of hydrogen-bond acceptors (Lipinski definition) is 2. The molecule has 0 aromatic heterocycles. The standard InChI is InChI=1S/C8H15N3O2S/c1-4-11(5-2)6(3)9-7(14)10-8(12)13/h4-5H2,1-3H3,(H,10,14)(H,12,13)/b9-6+. The van der Waals surface area contributed by atoms with Crippen LogP contribution in [0.25, 0.3) is 0 Å². The van der Waals surface area contributed by atoms with Crippen LogP contribution in [0.3, 0.4) is 0 Å². The molecule has 80 valence electrons. The Hall–Kier alpha value is -1.17. The third kappa shape index (κ3) is 4.76. The first kappa shape index (κ1) is 12.8. The Labute approximate surface area is 88.8 Å². The number of thiocarbonyl (C=S) groups is 1. The van der Waals surface area contributed by atoms with E-state index in [0.717, 1.165) is 13.1 Å². The molecule has 0 aromatic rings. The highest BCUT2D eigenvalue weighted by Crippen LogP contribution is 1.91. The Morgan fingerprint density at radius 3 is 2.36 bits per heavy atom. The lowest BCUT2D eigenvalue weighted by atomic mass is 10.5. The fourth-order valence-electron chi connectivity index (χ4n) is 1.02. The quantitative estimate of drug-likeness (QED) is 0.416. The zero-order valence-corrected chi connectivity index (χ0v) is 9.39. The number of carbonyl (C=O) groups is 1. The van der Waals surface area contributed by atoms with Gasteiger partial charge in [0.15, 0.2) is 0 Å². The van der Waals surface area contributed by atoms with Crippen LogP contribution in [0.2, 0.25) is 0 Å². The van der Waals surface area contributed by atoms with Crippen LogP contribution in [-0.2, 0) is 0 Å². The first-order valence-electron chi connectivity index (χ1n) is 4.35. The minimum atomic E-state index is -1.19. The molecule has 0 saturated carbocycles. The second kappa shape index (κ2) is 6.31. The molecule has 0 fully saturated rings. The number of nitrogens with one attached hydrogen (secondary N) is 1. The molecule has 6 heteroatoms. The van der Waals surface area contributed by atoms with Gasteiger partial charge in [-0.3, -0.25) is 5.32 Å². The van der Waals surface area contributed by atoms with Gasteiger partial charge < -0.3 is 10.0 Å². The molecule has 0 atom stereocenters. The Balaban J connectivity index is 4.34. The summed E-state index contributed by atoms with van der Waals surface area (Å²) in [5.41, 5.74) is 0. The lowest BCUT2D eigenvalue weighted by molar-refractivity contribution is 0.200. The molecule has 0 aliphatic heterocycles. The van der Waals surface area contributed by atoms with Crippen LogP contribution in [0.5, 0.6) is 0 Å². The lowest BCUT2D eigenvalue weighted by Crippen LogP contribution is -2.32. The maximum absolute atomic E-state index is 10.2. The van der Waals surface area contributed by atoms with Crippen LogP contribution < -0.4 is 5.32 Å². The van der Waals surface area contributed by atoms with E-state index in [4.69, 9.17) is 17.3 Å². The van der Waals surface area contributed by atoms with Gasteiger partial charge in [-0.1, -0.05) is 0 Å².